The van der Waals surface area contributed by atoms with Crippen LogP contribution >= 0.6 is 0 Å². The number of benzene rings is 1. The summed E-state index contributed by atoms with van der Waals surface area (Å²) >= 11 is 0. The maximum absolute atomic E-state index is 13.4. The van der Waals surface area contributed by atoms with Crippen LogP contribution in [0.4, 0.5) is 0 Å². The summed E-state index contributed by atoms with van der Waals surface area (Å²) in [5, 5.41) is 25.4. The predicted molar refractivity (Wildman–Crippen MR) is 108 cm³/mol. The molecule has 3 atom stereocenters. The molecule has 0 spiro atoms. The second-order valence-electron chi connectivity index (χ2n) is 8.07. The number of carbonyl (C=O) groups excluding carboxylic acids is 4. The van der Waals surface area contributed by atoms with E-state index >= 15 is 0 Å². The number of aliphatic hydroxyl groups excluding tert-OH is 2. The topological polar surface area (TPSA) is 133 Å². The maximum atomic E-state index is 13.4. The summed E-state index contributed by atoms with van der Waals surface area (Å²) in [6, 6.07) is 5.46. The highest BCUT2D eigenvalue weighted by Crippen LogP contribution is 2.28. The van der Waals surface area contributed by atoms with Gasteiger partial charge in [-0.05, 0) is 31.7 Å². The van der Waals surface area contributed by atoms with Crippen molar-refractivity contribution < 1.29 is 29.4 Å². The van der Waals surface area contributed by atoms with Crippen LogP contribution in [-0.4, -0.2) is 57.9 Å². The van der Waals surface area contributed by atoms with Crippen molar-refractivity contribution in [2.75, 3.05) is 6.61 Å². The summed E-state index contributed by atoms with van der Waals surface area (Å²) in [4.78, 5) is 50.3. The van der Waals surface area contributed by atoms with E-state index in [0.717, 1.165) is 12.8 Å². The molecule has 1 aromatic carbocycles. The first-order valence-corrected chi connectivity index (χ1v) is 10.5. The summed E-state index contributed by atoms with van der Waals surface area (Å²) in [7, 11) is 0. The Kier molecular flexibility index (Phi) is 6.99. The van der Waals surface area contributed by atoms with Gasteiger partial charge in [0.1, 0.15) is 11.6 Å². The predicted octanol–water partition coefficient (Wildman–Crippen LogP) is 0.893. The number of nitrogens with one attached hydrogen (secondary N) is 2. The summed E-state index contributed by atoms with van der Waals surface area (Å²) in [5.41, 5.74) is -1.20. The monoisotopic (exact) mass is 416 g/mol. The Bertz CT molecular complexity index is 839. The fraction of sp³-hybridized carbons (Fsp3) is 0.545. The van der Waals surface area contributed by atoms with Crippen molar-refractivity contribution in [3.8, 4) is 0 Å². The van der Waals surface area contributed by atoms with Gasteiger partial charge in [0.25, 0.3) is 0 Å². The normalized spacial score (nSPS) is 26.0. The molecular formula is C22H28N2O6. The zero-order chi connectivity index (χ0) is 21.7. The van der Waals surface area contributed by atoms with E-state index in [0.29, 0.717) is 25.7 Å². The minimum atomic E-state index is -1.64. The second kappa shape index (κ2) is 9.49. The molecule has 2 saturated heterocycles. The molecule has 8 nitrogen and oxygen atoms in total. The minimum Gasteiger partial charge on any atom is -0.394 e. The largest absolute Gasteiger partial charge is 0.394 e. The highest BCUT2D eigenvalue weighted by molar-refractivity contribution is 6.08. The van der Waals surface area contributed by atoms with Crippen molar-refractivity contribution in [3.63, 3.8) is 0 Å². The van der Waals surface area contributed by atoms with Gasteiger partial charge in [-0.1, -0.05) is 31.0 Å². The summed E-state index contributed by atoms with van der Waals surface area (Å²) < 4.78 is 0. The highest BCUT2D eigenvalue weighted by Gasteiger charge is 2.47. The van der Waals surface area contributed by atoms with Crippen molar-refractivity contribution >= 4 is 23.4 Å². The number of hydrogen-bond acceptors (Lipinski definition) is 6. The van der Waals surface area contributed by atoms with Gasteiger partial charge < -0.3 is 20.8 Å². The SMILES string of the molecule is O=C1CCCCC(C(=O)c2cccc(C(=O)C3(C(O)CO)CCCCC(=O)N3)c2)N1. The lowest BCUT2D eigenvalue weighted by atomic mass is 9.80. The fourth-order valence-corrected chi connectivity index (χ4v) is 4.23. The number of rotatable bonds is 6. The van der Waals surface area contributed by atoms with Crippen LogP contribution in [0.5, 0.6) is 0 Å². The van der Waals surface area contributed by atoms with Crippen LogP contribution in [0, 0.1) is 0 Å². The van der Waals surface area contributed by atoms with E-state index in [-0.39, 0.29) is 41.6 Å². The van der Waals surface area contributed by atoms with Crippen LogP contribution in [0.3, 0.4) is 0 Å². The standard InChI is InChI=1S/C22H28N2O6/c25-13-17(26)22(11-4-3-10-19(28)24-22)21(30)15-7-5-6-14(12-15)20(29)16-8-1-2-9-18(27)23-16/h5-7,12,16-17,25-26H,1-4,8-11,13H2,(H,23,27)(H,24,28). The number of ketones is 2. The first-order chi connectivity index (χ1) is 14.4. The molecule has 2 amide bonds. The molecule has 2 fully saturated rings. The van der Waals surface area contributed by atoms with E-state index in [1.807, 2.05) is 0 Å². The molecule has 8 heteroatoms. The van der Waals surface area contributed by atoms with Gasteiger partial charge >= 0.3 is 0 Å². The van der Waals surface area contributed by atoms with Crippen molar-refractivity contribution in [1.82, 2.24) is 10.6 Å². The van der Waals surface area contributed by atoms with Crippen LogP contribution in [0.15, 0.2) is 24.3 Å². The molecule has 3 rings (SSSR count). The molecule has 3 unspecified atom stereocenters. The van der Waals surface area contributed by atoms with Gasteiger partial charge in [-0.25, -0.2) is 0 Å². The van der Waals surface area contributed by atoms with E-state index in [2.05, 4.69) is 10.6 Å². The smallest absolute Gasteiger partial charge is 0.220 e. The van der Waals surface area contributed by atoms with Crippen LogP contribution in [0.2, 0.25) is 0 Å². The number of hydrogen-bond donors (Lipinski definition) is 4. The number of aliphatic hydroxyl groups is 2. The molecule has 0 aliphatic carbocycles. The lowest BCUT2D eigenvalue weighted by molar-refractivity contribution is -0.124. The van der Waals surface area contributed by atoms with E-state index in [1.54, 1.807) is 12.1 Å². The van der Waals surface area contributed by atoms with E-state index in [1.165, 1.54) is 12.1 Å². The molecule has 2 aliphatic heterocycles. The molecule has 162 valence electrons. The molecule has 2 aliphatic rings. The quantitative estimate of drug-likeness (QED) is 0.509. The average molecular weight is 416 g/mol. The Morgan fingerprint density at radius 2 is 1.77 bits per heavy atom. The third-order valence-corrected chi connectivity index (χ3v) is 5.94. The van der Waals surface area contributed by atoms with Gasteiger partial charge in [0.2, 0.25) is 11.8 Å². The molecule has 30 heavy (non-hydrogen) atoms. The molecule has 0 saturated carbocycles. The van der Waals surface area contributed by atoms with Gasteiger partial charge in [0.05, 0.1) is 12.6 Å². The minimum absolute atomic E-state index is 0.162. The second-order valence-corrected chi connectivity index (χ2v) is 8.07. The number of carbonyl (C=O) groups is 4. The van der Waals surface area contributed by atoms with Crippen LogP contribution in [0.25, 0.3) is 0 Å². The summed E-state index contributed by atoms with van der Waals surface area (Å²) in [6.45, 7) is -0.682. The molecule has 4 N–H and O–H groups in total. The van der Waals surface area contributed by atoms with Gasteiger partial charge in [-0.2, -0.15) is 0 Å². The van der Waals surface area contributed by atoms with E-state index < -0.39 is 30.1 Å². The first kappa shape index (κ1) is 22.1. The van der Waals surface area contributed by atoms with Crippen molar-refractivity contribution in [3.05, 3.63) is 35.4 Å². The maximum Gasteiger partial charge on any atom is 0.220 e. The average Bonchev–Trinajstić information content (AvgIpc) is 3.10. The third kappa shape index (κ3) is 4.60. The molecule has 1 aromatic rings. The Morgan fingerprint density at radius 1 is 1.07 bits per heavy atom. The van der Waals surface area contributed by atoms with Crippen LogP contribution < -0.4 is 10.6 Å². The van der Waals surface area contributed by atoms with Crippen molar-refractivity contribution in [2.45, 2.75) is 69.1 Å². The summed E-state index contributed by atoms with van der Waals surface area (Å²) in [5.74, 6) is -1.34. The fourth-order valence-electron chi connectivity index (χ4n) is 4.23. The first-order valence-electron chi connectivity index (χ1n) is 10.5. The molecule has 2 heterocycles. The van der Waals surface area contributed by atoms with Crippen LogP contribution in [-0.2, 0) is 9.59 Å². The van der Waals surface area contributed by atoms with Gasteiger partial charge in [0.15, 0.2) is 11.6 Å². The Morgan fingerprint density at radius 3 is 2.53 bits per heavy atom. The number of Topliss-reactive ketones (excluding diaryl/α,β-unsaturated/α-hetero) is 2. The highest BCUT2D eigenvalue weighted by atomic mass is 16.3. The van der Waals surface area contributed by atoms with E-state index in [9.17, 15) is 29.4 Å². The molecule has 0 bridgehead atoms. The number of amides is 2. The lowest BCUT2D eigenvalue weighted by Gasteiger charge is -2.35. The van der Waals surface area contributed by atoms with Crippen LogP contribution in [0.1, 0.15) is 72.1 Å². The molecule has 0 aromatic heterocycles. The Balaban J connectivity index is 1.91. The third-order valence-electron chi connectivity index (χ3n) is 5.94. The Labute approximate surface area is 175 Å². The zero-order valence-electron chi connectivity index (χ0n) is 16.9. The van der Waals surface area contributed by atoms with Crippen molar-refractivity contribution in [2.24, 2.45) is 0 Å². The van der Waals surface area contributed by atoms with Crippen molar-refractivity contribution in [1.29, 1.82) is 0 Å². The lowest BCUT2D eigenvalue weighted by Crippen LogP contribution is -2.62. The van der Waals surface area contributed by atoms with Gasteiger partial charge in [-0.3, -0.25) is 19.2 Å². The zero-order valence-corrected chi connectivity index (χ0v) is 16.9. The Hall–Kier alpha value is -2.58. The molecule has 0 radical (unpaired) electrons. The summed E-state index contributed by atoms with van der Waals surface area (Å²) in [6.07, 6.45) is 2.50. The molecular weight excluding hydrogens is 388 g/mol. The van der Waals surface area contributed by atoms with Gasteiger partial charge in [-0.15, -0.1) is 0 Å². The van der Waals surface area contributed by atoms with Gasteiger partial charge in [0, 0.05) is 24.0 Å². The van der Waals surface area contributed by atoms with E-state index in [4.69, 9.17) is 0 Å².